The molecule has 1 heterocycles. The minimum atomic E-state index is -1.56. The van der Waals surface area contributed by atoms with Gasteiger partial charge in [-0.25, -0.2) is 9.59 Å². The van der Waals surface area contributed by atoms with E-state index in [2.05, 4.69) is 4.74 Å². The zero-order chi connectivity index (χ0) is 8.86. The highest BCUT2D eigenvalue weighted by molar-refractivity contribution is 5.95. The third kappa shape index (κ3) is 0.742. The van der Waals surface area contributed by atoms with Crippen molar-refractivity contribution in [3.8, 4) is 0 Å². The topological polar surface area (TPSA) is 87.1 Å². The molecule has 5 nitrogen and oxygen atoms in total. The van der Waals surface area contributed by atoms with Crippen LogP contribution in [-0.2, 0) is 14.3 Å². The van der Waals surface area contributed by atoms with Crippen LogP contribution in [0.5, 0.6) is 0 Å². The van der Waals surface area contributed by atoms with E-state index in [0.717, 1.165) is 0 Å². The molecule has 0 aliphatic carbocycles. The molecule has 1 aliphatic rings. The molecule has 0 spiro atoms. The molecule has 0 aromatic heterocycles. The molecule has 1 fully saturated rings. The van der Waals surface area contributed by atoms with Gasteiger partial charge in [0.2, 0.25) is 11.2 Å². The number of carboxylic acids is 2. The van der Waals surface area contributed by atoms with Crippen LogP contribution in [0.15, 0.2) is 0 Å². The van der Waals surface area contributed by atoms with Gasteiger partial charge < -0.3 is 14.9 Å². The predicted octanol–water partition coefficient (Wildman–Crippen LogP) is -0.297. The Balaban J connectivity index is 2.87. The minimum Gasteiger partial charge on any atom is -0.479 e. The van der Waals surface area contributed by atoms with Crippen LogP contribution < -0.4 is 0 Å². The first-order valence-electron chi connectivity index (χ1n) is 3.01. The van der Waals surface area contributed by atoms with E-state index < -0.39 is 23.1 Å². The van der Waals surface area contributed by atoms with Crippen molar-refractivity contribution in [2.24, 2.45) is 0 Å². The Bertz CT molecular complexity index is 211. The first-order valence-corrected chi connectivity index (χ1v) is 3.01. The van der Waals surface area contributed by atoms with Crippen LogP contribution in [0.4, 0.5) is 0 Å². The summed E-state index contributed by atoms with van der Waals surface area (Å²) in [6.07, 6.45) is 0. The Morgan fingerprint density at radius 2 is 1.36 bits per heavy atom. The van der Waals surface area contributed by atoms with E-state index in [4.69, 9.17) is 10.2 Å². The maximum absolute atomic E-state index is 10.4. The fraction of sp³-hybridized carbons (Fsp3) is 0.667. The molecule has 2 atom stereocenters. The van der Waals surface area contributed by atoms with Crippen molar-refractivity contribution >= 4 is 11.9 Å². The summed E-state index contributed by atoms with van der Waals surface area (Å²) in [5, 5.41) is 17.0. The van der Waals surface area contributed by atoms with E-state index in [-0.39, 0.29) is 0 Å². The number of ether oxygens (including phenoxy) is 1. The molecule has 0 amide bonds. The highest BCUT2D eigenvalue weighted by atomic mass is 16.7. The highest BCUT2D eigenvalue weighted by Gasteiger charge is 2.74. The molecule has 11 heavy (non-hydrogen) atoms. The Hall–Kier alpha value is -1.10. The molecule has 0 bridgehead atoms. The van der Waals surface area contributed by atoms with Crippen LogP contribution in [0.2, 0.25) is 0 Å². The zero-order valence-corrected chi connectivity index (χ0v) is 6.12. The lowest BCUT2D eigenvalue weighted by Gasteiger charge is -2.01. The van der Waals surface area contributed by atoms with Crippen LogP contribution in [0.25, 0.3) is 0 Å². The van der Waals surface area contributed by atoms with Crippen molar-refractivity contribution in [3.05, 3.63) is 0 Å². The maximum Gasteiger partial charge on any atom is 0.339 e. The molecule has 0 saturated carbocycles. The standard InChI is InChI=1S/C6H8O5/c1-5(3(7)8)6(2,11-5)4(9)10/h1-2H3,(H,7,8)(H,9,10)/t5-,6-/m0/s1. The number of hydrogen-bond acceptors (Lipinski definition) is 3. The van der Waals surface area contributed by atoms with E-state index in [9.17, 15) is 9.59 Å². The molecule has 0 unspecified atom stereocenters. The van der Waals surface area contributed by atoms with Crippen molar-refractivity contribution in [3.63, 3.8) is 0 Å². The van der Waals surface area contributed by atoms with Gasteiger partial charge >= 0.3 is 11.9 Å². The molecule has 0 aromatic rings. The van der Waals surface area contributed by atoms with Crippen molar-refractivity contribution in [2.75, 3.05) is 0 Å². The number of rotatable bonds is 2. The molecule has 1 rings (SSSR count). The molecular weight excluding hydrogens is 152 g/mol. The Morgan fingerprint density at radius 3 is 1.45 bits per heavy atom. The SMILES string of the molecule is C[C@@]1(C(=O)O)O[C@@]1(C)C(=O)O. The summed E-state index contributed by atoms with van der Waals surface area (Å²) >= 11 is 0. The third-order valence-corrected chi connectivity index (χ3v) is 2.09. The van der Waals surface area contributed by atoms with Gasteiger partial charge in [0.05, 0.1) is 0 Å². The van der Waals surface area contributed by atoms with Crippen LogP contribution in [0, 0.1) is 0 Å². The molecule has 1 saturated heterocycles. The summed E-state index contributed by atoms with van der Waals surface area (Å²) in [5.41, 5.74) is -3.11. The van der Waals surface area contributed by atoms with Crippen LogP contribution in [0.1, 0.15) is 13.8 Å². The fourth-order valence-corrected chi connectivity index (χ4v) is 0.878. The van der Waals surface area contributed by atoms with Gasteiger partial charge in [0.1, 0.15) is 0 Å². The molecule has 2 N–H and O–H groups in total. The summed E-state index contributed by atoms with van der Waals surface area (Å²) < 4.78 is 4.62. The maximum atomic E-state index is 10.4. The zero-order valence-electron chi connectivity index (χ0n) is 6.12. The average molecular weight is 160 g/mol. The Labute approximate surface area is 62.6 Å². The average Bonchev–Trinajstić information content (AvgIpc) is 2.39. The highest BCUT2D eigenvalue weighted by Crippen LogP contribution is 2.47. The summed E-state index contributed by atoms with van der Waals surface area (Å²) in [4.78, 5) is 20.8. The predicted molar refractivity (Wildman–Crippen MR) is 33.2 cm³/mol. The van der Waals surface area contributed by atoms with Crippen molar-refractivity contribution in [1.82, 2.24) is 0 Å². The summed E-state index contributed by atoms with van der Waals surface area (Å²) in [5.74, 6) is -2.50. The van der Waals surface area contributed by atoms with Crippen molar-refractivity contribution in [1.29, 1.82) is 0 Å². The second-order valence-corrected chi connectivity index (χ2v) is 2.78. The van der Waals surface area contributed by atoms with E-state index in [1.807, 2.05) is 0 Å². The molecule has 1 aliphatic heterocycles. The van der Waals surface area contributed by atoms with Gasteiger partial charge in [0.15, 0.2) is 0 Å². The van der Waals surface area contributed by atoms with Gasteiger partial charge in [-0.15, -0.1) is 0 Å². The van der Waals surface area contributed by atoms with Gasteiger partial charge in [-0.2, -0.15) is 0 Å². The number of epoxide rings is 1. The smallest absolute Gasteiger partial charge is 0.339 e. The Kier molecular flexibility index (Phi) is 1.26. The second kappa shape index (κ2) is 1.73. The quantitative estimate of drug-likeness (QED) is 0.541. The monoisotopic (exact) mass is 160 g/mol. The molecule has 0 radical (unpaired) electrons. The van der Waals surface area contributed by atoms with Gasteiger partial charge in [-0.3, -0.25) is 0 Å². The Morgan fingerprint density at radius 1 is 1.09 bits per heavy atom. The number of aliphatic carboxylic acids is 2. The first kappa shape index (κ1) is 8.00. The van der Waals surface area contributed by atoms with Crippen molar-refractivity contribution < 1.29 is 24.5 Å². The fourth-order valence-electron chi connectivity index (χ4n) is 0.878. The molecule has 62 valence electrons. The van der Waals surface area contributed by atoms with Gasteiger partial charge in [-0.1, -0.05) is 0 Å². The largest absolute Gasteiger partial charge is 0.479 e. The molecule has 0 aromatic carbocycles. The summed E-state index contributed by atoms with van der Waals surface area (Å²) in [6, 6.07) is 0. The van der Waals surface area contributed by atoms with E-state index in [1.54, 1.807) is 0 Å². The van der Waals surface area contributed by atoms with Crippen LogP contribution >= 0.6 is 0 Å². The molecule has 5 heteroatoms. The third-order valence-electron chi connectivity index (χ3n) is 2.09. The lowest BCUT2D eigenvalue weighted by Crippen LogP contribution is -2.34. The van der Waals surface area contributed by atoms with E-state index in [1.165, 1.54) is 13.8 Å². The van der Waals surface area contributed by atoms with E-state index >= 15 is 0 Å². The summed E-state index contributed by atoms with van der Waals surface area (Å²) in [6.45, 7) is 2.48. The van der Waals surface area contributed by atoms with Crippen LogP contribution in [0.3, 0.4) is 0 Å². The first-order chi connectivity index (χ1) is 4.84. The van der Waals surface area contributed by atoms with Gasteiger partial charge in [0, 0.05) is 0 Å². The number of carboxylic acid groups (broad SMARTS) is 2. The number of carbonyl (C=O) groups is 2. The lowest BCUT2D eigenvalue weighted by molar-refractivity contribution is -0.145. The molecular formula is C6H8O5. The normalized spacial score (nSPS) is 41.6. The lowest BCUT2D eigenvalue weighted by atomic mass is 9.97. The second-order valence-electron chi connectivity index (χ2n) is 2.78. The number of hydrogen-bond donors (Lipinski definition) is 2. The van der Waals surface area contributed by atoms with Gasteiger partial charge in [-0.05, 0) is 13.8 Å². The van der Waals surface area contributed by atoms with Gasteiger partial charge in [0.25, 0.3) is 0 Å². The minimum absolute atomic E-state index is 1.24. The summed E-state index contributed by atoms with van der Waals surface area (Å²) in [7, 11) is 0. The van der Waals surface area contributed by atoms with E-state index in [0.29, 0.717) is 0 Å². The van der Waals surface area contributed by atoms with Crippen molar-refractivity contribution in [2.45, 2.75) is 25.0 Å². The van der Waals surface area contributed by atoms with Crippen LogP contribution in [-0.4, -0.2) is 33.4 Å².